The van der Waals surface area contributed by atoms with Crippen LogP contribution in [0.15, 0.2) is 18.2 Å². The van der Waals surface area contributed by atoms with Gasteiger partial charge in [-0.2, -0.15) is 11.8 Å². The second-order valence-corrected chi connectivity index (χ2v) is 4.69. The first kappa shape index (κ1) is 12.2. The Balaban J connectivity index is 2.49. The second-order valence-electron chi connectivity index (χ2n) is 2.80. The molecule has 0 bridgehead atoms. The molecule has 0 saturated heterocycles. The van der Waals surface area contributed by atoms with Crippen LogP contribution in [0.2, 0.25) is 5.02 Å². The smallest absolute Gasteiger partial charge is 0.128 e. The van der Waals surface area contributed by atoms with Crippen molar-refractivity contribution in [3.8, 4) is 0 Å². The summed E-state index contributed by atoms with van der Waals surface area (Å²) >= 11 is 13.0. The molecule has 0 aliphatic carbocycles. The predicted octanol–water partition coefficient (Wildman–Crippen LogP) is 4.34. The van der Waals surface area contributed by atoms with Crippen molar-refractivity contribution in [1.29, 1.82) is 0 Å². The number of alkyl halides is 1. The van der Waals surface area contributed by atoms with Crippen LogP contribution in [0.4, 0.5) is 4.39 Å². The van der Waals surface area contributed by atoms with Crippen LogP contribution < -0.4 is 0 Å². The highest BCUT2D eigenvalue weighted by Crippen LogP contribution is 2.24. The van der Waals surface area contributed by atoms with Crippen LogP contribution in [0, 0.1) is 5.82 Å². The number of rotatable bonds is 5. The summed E-state index contributed by atoms with van der Waals surface area (Å²) in [5, 5.41) is 0.503. The fourth-order valence-electron chi connectivity index (χ4n) is 1.00. The molecule has 0 nitrogen and oxygen atoms in total. The lowest BCUT2D eigenvalue weighted by atomic mass is 10.2. The molecule has 4 heteroatoms. The first-order chi connectivity index (χ1) is 6.75. The van der Waals surface area contributed by atoms with Gasteiger partial charge in [0.1, 0.15) is 5.82 Å². The van der Waals surface area contributed by atoms with Crippen LogP contribution >= 0.6 is 35.0 Å². The molecule has 1 aromatic carbocycles. The number of hydrogen-bond acceptors (Lipinski definition) is 1. The first-order valence-electron chi connectivity index (χ1n) is 4.32. The zero-order valence-corrected chi connectivity index (χ0v) is 9.93. The Morgan fingerprint density at radius 3 is 2.79 bits per heavy atom. The van der Waals surface area contributed by atoms with E-state index in [9.17, 15) is 4.39 Å². The van der Waals surface area contributed by atoms with Gasteiger partial charge < -0.3 is 0 Å². The molecule has 0 heterocycles. The van der Waals surface area contributed by atoms with Gasteiger partial charge in [-0.3, -0.25) is 0 Å². The van der Waals surface area contributed by atoms with E-state index >= 15 is 0 Å². The minimum Gasteiger partial charge on any atom is -0.207 e. The Morgan fingerprint density at radius 2 is 2.14 bits per heavy atom. The molecular weight excluding hydrogens is 242 g/mol. The van der Waals surface area contributed by atoms with Crippen molar-refractivity contribution in [3.05, 3.63) is 34.6 Å². The van der Waals surface area contributed by atoms with Gasteiger partial charge in [0.15, 0.2) is 0 Å². The third-order valence-electron chi connectivity index (χ3n) is 1.73. The summed E-state index contributed by atoms with van der Waals surface area (Å²) in [7, 11) is 0. The van der Waals surface area contributed by atoms with Crippen LogP contribution in [0.1, 0.15) is 12.0 Å². The van der Waals surface area contributed by atoms with Gasteiger partial charge in [0.25, 0.3) is 0 Å². The van der Waals surface area contributed by atoms with Gasteiger partial charge in [0, 0.05) is 22.2 Å². The largest absolute Gasteiger partial charge is 0.207 e. The number of halogens is 3. The minimum atomic E-state index is -0.226. The third-order valence-corrected chi connectivity index (χ3v) is 3.42. The molecule has 14 heavy (non-hydrogen) atoms. The maximum Gasteiger partial charge on any atom is 0.128 e. The molecule has 0 radical (unpaired) electrons. The Kier molecular flexibility index (Phi) is 5.68. The van der Waals surface area contributed by atoms with Crippen molar-refractivity contribution in [1.82, 2.24) is 0 Å². The van der Waals surface area contributed by atoms with Crippen LogP contribution in [-0.4, -0.2) is 11.6 Å². The van der Waals surface area contributed by atoms with Gasteiger partial charge in [-0.25, -0.2) is 4.39 Å². The topological polar surface area (TPSA) is 0 Å². The molecular formula is C10H11Cl2FS. The predicted molar refractivity (Wildman–Crippen MR) is 62.9 cm³/mol. The van der Waals surface area contributed by atoms with E-state index in [0.29, 0.717) is 22.2 Å². The Labute approximate surface area is 97.8 Å². The molecule has 0 unspecified atom stereocenters. The fraction of sp³-hybridized carbons (Fsp3) is 0.400. The van der Waals surface area contributed by atoms with Gasteiger partial charge in [0.2, 0.25) is 0 Å². The molecule has 0 spiro atoms. The lowest BCUT2D eigenvalue weighted by Crippen LogP contribution is -1.90. The van der Waals surface area contributed by atoms with Gasteiger partial charge >= 0.3 is 0 Å². The number of hydrogen-bond donors (Lipinski definition) is 0. The van der Waals surface area contributed by atoms with E-state index in [1.54, 1.807) is 23.9 Å². The van der Waals surface area contributed by atoms with E-state index in [2.05, 4.69) is 0 Å². The highest BCUT2D eigenvalue weighted by atomic mass is 35.5. The summed E-state index contributed by atoms with van der Waals surface area (Å²) < 4.78 is 13.2. The second kappa shape index (κ2) is 6.54. The van der Waals surface area contributed by atoms with Crippen LogP contribution in [0.3, 0.4) is 0 Å². The van der Waals surface area contributed by atoms with Crippen LogP contribution in [0.25, 0.3) is 0 Å². The van der Waals surface area contributed by atoms with Gasteiger partial charge in [-0.05, 0) is 24.3 Å². The fourth-order valence-corrected chi connectivity index (χ4v) is 2.59. The van der Waals surface area contributed by atoms with Crippen molar-refractivity contribution >= 4 is 35.0 Å². The molecule has 1 rings (SSSR count). The van der Waals surface area contributed by atoms with E-state index in [1.807, 2.05) is 0 Å². The summed E-state index contributed by atoms with van der Waals surface area (Å²) in [4.78, 5) is 0. The molecule has 0 amide bonds. The van der Waals surface area contributed by atoms with Gasteiger partial charge in [-0.15, -0.1) is 11.6 Å². The lowest BCUT2D eigenvalue weighted by Gasteiger charge is -2.04. The molecule has 0 saturated carbocycles. The van der Waals surface area contributed by atoms with E-state index in [1.165, 1.54) is 6.07 Å². The highest BCUT2D eigenvalue weighted by molar-refractivity contribution is 7.98. The van der Waals surface area contributed by atoms with Crippen molar-refractivity contribution < 1.29 is 4.39 Å². The lowest BCUT2D eigenvalue weighted by molar-refractivity contribution is 0.617. The third kappa shape index (κ3) is 3.68. The molecule has 0 aliphatic heterocycles. The molecule has 0 atom stereocenters. The average molecular weight is 253 g/mol. The maximum atomic E-state index is 13.2. The Morgan fingerprint density at radius 1 is 1.36 bits per heavy atom. The quantitative estimate of drug-likeness (QED) is 0.555. The van der Waals surface area contributed by atoms with E-state index in [4.69, 9.17) is 23.2 Å². The SMILES string of the molecule is Fc1cccc(Cl)c1CSCCCCl. The van der Waals surface area contributed by atoms with Crippen molar-refractivity contribution in [2.24, 2.45) is 0 Å². The van der Waals surface area contributed by atoms with E-state index in [0.717, 1.165) is 12.2 Å². The summed E-state index contributed by atoms with van der Waals surface area (Å²) in [6.45, 7) is 0. The van der Waals surface area contributed by atoms with Gasteiger partial charge in [0.05, 0.1) is 0 Å². The van der Waals surface area contributed by atoms with Crippen LogP contribution in [-0.2, 0) is 5.75 Å². The van der Waals surface area contributed by atoms with E-state index < -0.39 is 0 Å². The maximum absolute atomic E-state index is 13.2. The Hall–Kier alpha value is 0.0800. The first-order valence-corrected chi connectivity index (χ1v) is 6.39. The summed E-state index contributed by atoms with van der Waals surface area (Å²) in [5.74, 6) is 1.98. The summed E-state index contributed by atoms with van der Waals surface area (Å²) in [5.41, 5.74) is 0.591. The average Bonchev–Trinajstić information content (AvgIpc) is 2.16. The number of benzene rings is 1. The standard InChI is InChI=1S/C10H11Cl2FS/c11-5-2-6-14-7-8-9(12)3-1-4-10(8)13/h1,3-4H,2,5-7H2. The van der Waals surface area contributed by atoms with Crippen LogP contribution in [0.5, 0.6) is 0 Å². The normalized spacial score (nSPS) is 10.5. The molecule has 0 fully saturated rings. The van der Waals surface area contributed by atoms with Gasteiger partial charge in [-0.1, -0.05) is 17.7 Å². The van der Waals surface area contributed by atoms with Crippen molar-refractivity contribution in [3.63, 3.8) is 0 Å². The zero-order valence-electron chi connectivity index (χ0n) is 7.60. The van der Waals surface area contributed by atoms with E-state index in [-0.39, 0.29) is 5.82 Å². The van der Waals surface area contributed by atoms with Crippen molar-refractivity contribution in [2.45, 2.75) is 12.2 Å². The minimum absolute atomic E-state index is 0.226. The van der Waals surface area contributed by atoms with Crippen molar-refractivity contribution in [2.75, 3.05) is 11.6 Å². The monoisotopic (exact) mass is 252 g/mol. The zero-order chi connectivity index (χ0) is 10.4. The molecule has 0 aliphatic rings. The highest BCUT2D eigenvalue weighted by Gasteiger charge is 2.05. The molecule has 1 aromatic rings. The summed E-state index contributed by atoms with van der Waals surface area (Å²) in [6.07, 6.45) is 0.943. The molecule has 0 N–H and O–H groups in total. The molecule has 78 valence electrons. The summed E-state index contributed by atoms with van der Waals surface area (Å²) in [6, 6.07) is 4.76. The molecule has 0 aromatic heterocycles. The number of thioether (sulfide) groups is 1. The Bertz CT molecular complexity index is 271.